The fraction of sp³-hybridized carbons (Fsp3) is 0.161. The Morgan fingerprint density at radius 3 is 2.10 bits per heavy atom. The van der Waals surface area contributed by atoms with Gasteiger partial charge >= 0.3 is 0 Å². The van der Waals surface area contributed by atoms with Gasteiger partial charge in [0.2, 0.25) is 0 Å². The predicted octanol–water partition coefficient (Wildman–Crippen LogP) is 13.6. The van der Waals surface area contributed by atoms with Crippen molar-refractivity contribution >= 4 is 16.9 Å². The maximum absolute atomic E-state index is 5.28. The third kappa shape index (κ3) is 6.01. The van der Waals surface area contributed by atoms with E-state index in [4.69, 9.17) is 15.0 Å². The largest absolute Gasteiger partial charge is 0.314 e. The Kier molecular flexibility index (Phi) is 8.52. The summed E-state index contributed by atoms with van der Waals surface area (Å²) in [6.45, 7) is 7.07. The van der Waals surface area contributed by atoms with Crippen molar-refractivity contribution in [3.8, 4) is 45.0 Å². The molecule has 0 spiro atoms. The van der Waals surface area contributed by atoms with Crippen LogP contribution in [0, 0.1) is 5.92 Å². The smallest absolute Gasteiger partial charge is 0.164 e. The van der Waals surface area contributed by atoms with Crippen molar-refractivity contribution in [3.63, 3.8) is 0 Å². The Balaban J connectivity index is 1.03. The van der Waals surface area contributed by atoms with Gasteiger partial charge in [-0.05, 0) is 118 Å². The molecule has 7 aromatic rings. The van der Waals surface area contributed by atoms with Gasteiger partial charge in [0, 0.05) is 33.6 Å². The number of allylic oxidation sites excluding steroid dienone is 8. The standard InChI is InChI=1S/C56H46N4/c1-55(2)49-26-12-11-24-46(49)47-30-28-44(36-50(47)55)60(42-23-15-21-39(34-42)37-17-7-4-8-18-37)43-27-29-45-41(35-43)33-40-22-16-25-48(51(40)45)53-57-52(38-19-9-5-10-20-38)58-54(59-53)56(3)31-13-6-14-32-56/h4-31,34-35,50H,32-33,36H2,1-3H3. The number of aromatic nitrogens is 3. The fourth-order valence-electron chi connectivity index (χ4n) is 10.1. The van der Waals surface area contributed by atoms with Crippen molar-refractivity contribution in [1.82, 2.24) is 15.0 Å². The SMILES string of the molecule is CC1(c2nc(-c3ccccc3)nc(-c3cccc4c3-c3ccc(N(C5=CC=C6c7ccccc7C(C)(C)C6C5)c5cccc(-c6ccccc6)c5)cc3C4)n2)C=CC=CC1. The maximum atomic E-state index is 5.28. The molecular weight excluding hydrogens is 729 g/mol. The Hall–Kier alpha value is -6.91. The van der Waals surface area contributed by atoms with Gasteiger partial charge in [0.1, 0.15) is 5.82 Å². The Morgan fingerprint density at radius 2 is 1.28 bits per heavy atom. The van der Waals surface area contributed by atoms with Crippen LogP contribution >= 0.6 is 0 Å². The van der Waals surface area contributed by atoms with Gasteiger partial charge in [-0.15, -0.1) is 0 Å². The second-order valence-corrected chi connectivity index (χ2v) is 17.5. The van der Waals surface area contributed by atoms with Crippen LogP contribution in [0.3, 0.4) is 0 Å². The van der Waals surface area contributed by atoms with Crippen LogP contribution in [-0.2, 0) is 17.3 Å². The molecule has 0 N–H and O–H groups in total. The topological polar surface area (TPSA) is 41.9 Å². The molecule has 0 saturated heterocycles. The van der Waals surface area contributed by atoms with Crippen molar-refractivity contribution in [3.05, 3.63) is 216 Å². The average molecular weight is 775 g/mol. The Bertz CT molecular complexity index is 2950. The molecule has 0 saturated carbocycles. The highest BCUT2D eigenvalue weighted by Gasteiger charge is 2.44. The fourth-order valence-corrected chi connectivity index (χ4v) is 10.1. The lowest BCUT2D eigenvalue weighted by Crippen LogP contribution is -2.28. The molecule has 0 aliphatic heterocycles. The van der Waals surface area contributed by atoms with Gasteiger partial charge in [0.15, 0.2) is 11.6 Å². The highest BCUT2D eigenvalue weighted by Crippen LogP contribution is 2.55. The first kappa shape index (κ1) is 36.2. The summed E-state index contributed by atoms with van der Waals surface area (Å²) in [7, 11) is 0. The minimum atomic E-state index is -0.331. The molecule has 4 nitrogen and oxygen atoms in total. The van der Waals surface area contributed by atoms with Crippen LogP contribution < -0.4 is 4.90 Å². The highest BCUT2D eigenvalue weighted by molar-refractivity contribution is 5.91. The number of benzene rings is 6. The van der Waals surface area contributed by atoms with Gasteiger partial charge in [-0.3, -0.25) is 0 Å². The van der Waals surface area contributed by atoms with Crippen molar-refractivity contribution in [2.24, 2.45) is 5.92 Å². The predicted molar refractivity (Wildman–Crippen MR) is 247 cm³/mol. The van der Waals surface area contributed by atoms with Gasteiger partial charge in [-0.2, -0.15) is 0 Å². The Labute approximate surface area is 353 Å². The molecule has 290 valence electrons. The first-order chi connectivity index (χ1) is 29.3. The molecule has 1 aromatic heterocycles. The number of nitrogens with zero attached hydrogens (tertiary/aromatic N) is 4. The second kappa shape index (κ2) is 14.1. The van der Waals surface area contributed by atoms with E-state index in [1.807, 2.05) is 18.2 Å². The third-order valence-electron chi connectivity index (χ3n) is 13.4. The number of rotatable bonds is 7. The van der Waals surface area contributed by atoms with Crippen LogP contribution in [0.1, 0.15) is 61.7 Å². The van der Waals surface area contributed by atoms with E-state index in [1.54, 1.807) is 0 Å². The van der Waals surface area contributed by atoms with Crippen molar-refractivity contribution < 1.29 is 0 Å². The van der Waals surface area contributed by atoms with E-state index in [0.29, 0.717) is 17.6 Å². The summed E-state index contributed by atoms with van der Waals surface area (Å²) < 4.78 is 0. The van der Waals surface area contributed by atoms with Crippen LogP contribution in [0.2, 0.25) is 0 Å². The second-order valence-electron chi connectivity index (χ2n) is 17.5. The molecule has 0 bridgehead atoms. The molecule has 0 fully saturated rings. The molecule has 4 aliphatic rings. The van der Waals surface area contributed by atoms with Crippen LogP contribution in [0.4, 0.5) is 11.4 Å². The maximum Gasteiger partial charge on any atom is 0.164 e. The summed E-state index contributed by atoms with van der Waals surface area (Å²) in [6, 6.07) is 52.8. The van der Waals surface area contributed by atoms with Crippen LogP contribution in [0.25, 0.3) is 50.6 Å². The minimum Gasteiger partial charge on any atom is -0.314 e. The molecule has 2 atom stereocenters. The summed E-state index contributed by atoms with van der Waals surface area (Å²) >= 11 is 0. The number of hydrogen-bond donors (Lipinski definition) is 0. The van der Waals surface area contributed by atoms with Crippen molar-refractivity contribution in [1.29, 1.82) is 0 Å². The summed E-state index contributed by atoms with van der Waals surface area (Å²) in [4.78, 5) is 18.1. The lowest BCUT2D eigenvalue weighted by atomic mass is 9.74. The van der Waals surface area contributed by atoms with E-state index in [0.717, 1.165) is 41.9 Å². The van der Waals surface area contributed by atoms with Crippen LogP contribution in [0.15, 0.2) is 188 Å². The average Bonchev–Trinajstić information content (AvgIpc) is 3.78. The van der Waals surface area contributed by atoms with E-state index < -0.39 is 0 Å². The van der Waals surface area contributed by atoms with Gasteiger partial charge < -0.3 is 4.90 Å². The molecule has 1 heterocycles. The zero-order valence-corrected chi connectivity index (χ0v) is 34.3. The summed E-state index contributed by atoms with van der Waals surface area (Å²) in [5.41, 5.74) is 17.1. The van der Waals surface area contributed by atoms with E-state index in [1.165, 1.54) is 61.5 Å². The summed E-state index contributed by atoms with van der Waals surface area (Å²) in [5, 5.41) is 0. The normalized spacial score (nSPS) is 19.1. The number of hydrogen-bond acceptors (Lipinski definition) is 4. The monoisotopic (exact) mass is 774 g/mol. The molecule has 4 heteroatoms. The van der Waals surface area contributed by atoms with E-state index in [-0.39, 0.29) is 10.8 Å². The van der Waals surface area contributed by atoms with Gasteiger partial charge in [0.25, 0.3) is 0 Å². The van der Waals surface area contributed by atoms with E-state index >= 15 is 0 Å². The molecule has 6 aromatic carbocycles. The number of fused-ring (bicyclic) bond motifs is 6. The quantitative estimate of drug-likeness (QED) is 0.162. The van der Waals surface area contributed by atoms with Gasteiger partial charge in [0.05, 0.1) is 0 Å². The van der Waals surface area contributed by atoms with E-state index in [9.17, 15) is 0 Å². The van der Waals surface area contributed by atoms with Crippen molar-refractivity contribution in [2.75, 3.05) is 4.90 Å². The lowest BCUT2D eigenvalue weighted by Gasteiger charge is -2.36. The molecule has 2 unspecified atom stereocenters. The lowest BCUT2D eigenvalue weighted by molar-refractivity contribution is 0.406. The zero-order valence-electron chi connectivity index (χ0n) is 34.3. The van der Waals surface area contributed by atoms with Crippen molar-refractivity contribution in [2.45, 2.75) is 50.9 Å². The molecule has 60 heavy (non-hydrogen) atoms. The Morgan fingerprint density at radius 1 is 0.567 bits per heavy atom. The molecule has 0 radical (unpaired) electrons. The molecule has 0 amide bonds. The molecule has 4 aliphatic carbocycles. The summed E-state index contributed by atoms with van der Waals surface area (Å²) in [5.74, 6) is 2.58. The van der Waals surface area contributed by atoms with Crippen LogP contribution in [0.5, 0.6) is 0 Å². The first-order valence-electron chi connectivity index (χ1n) is 21.2. The third-order valence-corrected chi connectivity index (χ3v) is 13.4. The van der Waals surface area contributed by atoms with Gasteiger partial charge in [-0.25, -0.2) is 15.0 Å². The summed E-state index contributed by atoms with van der Waals surface area (Å²) in [6.07, 6.45) is 16.0. The minimum absolute atomic E-state index is 0.0200. The molecule has 11 rings (SSSR count). The molecular formula is C56H46N4. The highest BCUT2D eigenvalue weighted by atomic mass is 15.2. The van der Waals surface area contributed by atoms with Gasteiger partial charge in [-0.1, -0.05) is 166 Å². The zero-order chi connectivity index (χ0) is 40.4. The number of anilines is 2. The van der Waals surface area contributed by atoms with E-state index in [2.05, 4.69) is 190 Å². The first-order valence-corrected chi connectivity index (χ1v) is 21.2. The van der Waals surface area contributed by atoms with Crippen LogP contribution in [-0.4, -0.2) is 15.0 Å².